The summed E-state index contributed by atoms with van der Waals surface area (Å²) in [6.45, 7) is 0. The monoisotopic (exact) mass is 285 g/mol. The Hall–Kier alpha value is -1.95. The van der Waals surface area contributed by atoms with Gasteiger partial charge in [-0.3, -0.25) is 0 Å². The van der Waals surface area contributed by atoms with Gasteiger partial charge in [0, 0.05) is 0 Å². The Balaban J connectivity index is 2.03. The SMILES string of the molecule is CNC(Cc1ccc(OC(F)(F)F)cc1)c1ccco1. The Morgan fingerprint density at radius 3 is 2.40 bits per heavy atom. The fourth-order valence-corrected chi connectivity index (χ4v) is 1.90. The predicted molar refractivity (Wildman–Crippen MR) is 67.3 cm³/mol. The number of hydrogen-bond donors (Lipinski definition) is 1. The lowest BCUT2D eigenvalue weighted by Gasteiger charge is -2.14. The fourth-order valence-electron chi connectivity index (χ4n) is 1.90. The van der Waals surface area contributed by atoms with E-state index in [0.29, 0.717) is 6.42 Å². The molecule has 6 heteroatoms. The van der Waals surface area contributed by atoms with Crippen molar-refractivity contribution in [2.24, 2.45) is 0 Å². The van der Waals surface area contributed by atoms with Crippen molar-refractivity contribution >= 4 is 0 Å². The number of rotatable bonds is 5. The van der Waals surface area contributed by atoms with Crippen LogP contribution in [0.15, 0.2) is 47.1 Å². The molecule has 0 aliphatic carbocycles. The zero-order chi connectivity index (χ0) is 14.6. The molecule has 0 aliphatic rings. The van der Waals surface area contributed by atoms with Gasteiger partial charge in [-0.2, -0.15) is 0 Å². The molecule has 0 spiro atoms. The van der Waals surface area contributed by atoms with Crippen molar-refractivity contribution in [3.8, 4) is 5.75 Å². The third kappa shape index (κ3) is 4.03. The van der Waals surface area contributed by atoms with Crippen LogP contribution in [0.2, 0.25) is 0 Å². The number of benzene rings is 1. The smallest absolute Gasteiger partial charge is 0.468 e. The summed E-state index contributed by atoms with van der Waals surface area (Å²) in [6.07, 6.45) is -2.47. The molecule has 1 aromatic carbocycles. The van der Waals surface area contributed by atoms with Crippen LogP contribution < -0.4 is 10.1 Å². The van der Waals surface area contributed by atoms with Crippen molar-refractivity contribution in [1.82, 2.24) is 5.32 Å². The lowest BCUT2D eigenvalue weighted by atomic mass is 10.0. The highest BCUT2D eigenvalue weighted by Gasteiger charge is 2.30. The molecule has 2 aromatic rings. The Labute approximate surface area is 114 Å². The van der Waals surface area contributed by atoms with Crippen molar-refractivity contribution in [3.63, 3.8) is 0 Å². The first-order valence-electron chi connectivity index (χ1n) is 6.03. The maximum Gasteiger partial charge on any atom is 0.573 e. The van der Waals surface area contributed by atoms with Crippen molar-refractivity contribution in [2.75, 3.05) is 7.05 Å². The van der Waals surface area contributed by atoms with Crippen LogP contribution in [-0.2, 0) is 6.42 Å². The minimum atomic E-state index is -4.66. The van der Waals surface area contributed by atoms with E-state index in [4.69, 9.17) is 4.42 Å². The lowest BCUT2D eigenvalue weighted by Crippen LogP contribution is -2.18. The molecule has 1 unspecified atom stereocenters. The minimum absolute atomic E-state index is 0.0283. The number of nitrogens with one attached hydrogen (secondary N) is 1. The molecule has 1 heterocycles. The predicted octanol–water partition coefficient (Wildman–Crippen LogP) is 3.68. The number of furan rings is 1. The lowest BCUT2D eigenvalue weighted by molar-refractivity contribution is -0.274. The summed E-state index contributed by atoms with van der Waals surface area (Å²) >= 11 is 0. The standard InChI is InChI=1S/C14H14F3NO2/c1-18-12(13-3-2-8-19-13)9-10-4-6-11(7-5-10)20-14(15,16)17/h2-8,12,18H,9H2,1H3. The quantitative estimate of drug-likeness (QED) is 0.910. The highest BCUT2D eigenvalue weighted by Crippen LogP contribution is 2.24. The van der Waals surface area contributed by atoms with Gasteiger partial charge in [0.15, 0.2) is 0 Å². The zero-order valence-corrected chi connectivity index (χ0v) is 10.8. The second-order valence-electron chi connectivity index (χ2n) is 4.25. The molecule has 0 saturated carbocycles. The molecule has 0 amide bonds. The van der Waals surface area contributed by atoms with Crippen molar-refractivity contribution < 1.29 is 22.3 Å². The average molecular weight is 285 g/mol. The van der Waals surface area contributed by atoms with Crippen LogP contribution in [0.3, 0.4) is 0 Å². The van der Waals surface area contributed by atoms with Crippen molar-refractivity contribution in [3.05, 3.63) is 54.0 Å². The van der Waals surface area contributed by atoms with Crippen LogP contribution in [0.1, 0.15) is 17.4 Å². The highest BCUT2D eigenvalue weighted by molar-refractivity contribution is 5.28. The van der Waals surface area contributed by atoms with Crippen LogP contribution in [0, 0.1) is 0 Å². The van der Waals surface area contributed by atoms with Crippen molar-refractivity contribution in [2.45, 2.75) is 18.8 Å². The third-order valence-corrected chi connectivity index (χ3v) is 2.83. The van der Waals surface area contributed by atoms with E-state index in [1.807, 2.05) is 6.07 Å². The van der Waals surface area contributed by atoms with E-state index in [9.17, 15) is 13.2 Å². The molecule has 0 saturated heterocycles. The molecule has 3 nitrogen and oxygen atoms in total. The molecule has 0 fully saturated rings. The molecule has 0 aliphatic heterocycles. The van der Waals surface area contributed by atoms with Crippen LogP contribution in [-0.4, -0.2) is 13.4 Å². The van der Waals surface area contributed by atoms with E-state index < -0.39 is 6.36 Å². The first-order valence-corrected chi connectivity index (χ1v) is 6.03. The molecule has 1 atom stereocenters. The van der Waals surface area contributed by atoms with Gasteiger partial charge in [-0.15, -0.1) is 13.2 Å². The topological polar surface area (TPSA) is 34.4 Å². The van der Waals surface area contributed by atoms with Gasteiger partial charge in [-0.05, 0) is 43.3 Å². The minimum Gasteiger partial charge on any atom is -0.468 e. The molecule has 0 radical (unpaired) electrons. The van der Waals surface area contributed by atoms with Gasteiger partial charge in [0.25, 0.3) is 0 Å². The molecular weight excluding hydrogens is 271 g/mol. The zero-order valence-electron chi connectivity index (χ0n) is 10.8. The van der Waals surface area contributed by atoms with Crippen LogP contribution in [0.5, 0.6) is 5.75 Å². The molecule has 1 aromatic heterocycles. The fraction of sp³-hybridized carbons (Fsp3) is 0.286. The largest absolute Gasteiger partial charge is 0.573 e. The molecule has 0 bridgehead atoms. The molecule has 1 N–H and O–H groups in total. The van der Waals surface area contributed by atoms with E-state index in [1.165, 1.54) is 12.1 Å². The van der Waals surface area contributed by atoms with Crippen molar-refractivity contribution in [1.29, 1.82) is 0 Å². The maximum absolute atomic E-state index is 12.0. The number of halogens is 3. The summed E-state index contributed by atoms with van der Waals surface area (Å²) in [7, 11) is 1.80. The second-order valence-corrected chi connectivity index (χ2v) is 4.25. The Kier molecular flexibility index (Phi) is 4.34. The van der Waals surface area contributed by atoms with E-state index in [-0.39, 0.29) is 11.8 Å². The Morgan fingerprint density at radius 1 is 1.20 bits per heavy atom. The molecule has 108 valence electrons. The summed E-state index contributed by atoms with van der Waals surface area (Å²) in [4.78, 5) is 0. The van der Waals surface area contributed by atoms with E-state index in [2.05, 4.69) is 10.1 Å². The van der Waals surface area contributed by atoms with Gasteiger partial charge < -0.3 is 14.5 Å². The molecule has 20 heavy (non-hydrogen) atoms. The summed E-state index contributed by atoms with van der Waals surface area (Å²) in [5, 5.41) is 3.10. The van der Waals surface area contributed by atoms with Crippen LogP contribution >= 0.6 is 0 Å². The van der Waals surface area contributed by atoms with E-state index in [1.54, 1.807) is 31.5 Å². The summed E-state index contributed by atoms with van der Waals surface area (Å²) in [5.41, 5.74) is 0.885. The normalized spacial score (nSPS) is 13.2. The summed E-state index contributed by atoms with van der Waals surface area (Å²) in [5.74, 6) is 0.559. The van der Waals surface area contributed by atoms with E-state index >= 15 is 0 Å². The van der Waals surface area contributed by atoms with Gasteiger partial charge >= 0.3 is 6.36 Å². The van der Waals surface area contributed by atoms with Gasteiger partial charge in [-0.1, -0.05) is 12.1 Å². The average Bonchev–Trinajstić information content (AvgIpc) is 2.90. The third-order valence-electron chi connectivity index (χ3n) is 2.83. The summed E-state index contributed by atoms with van der Waals surface area (Å²) in [6, 6.07) is 9.43. The Bertz CT molecular complexity index is 520. The first-order chi connectivity index (χ1) is 9.48. The van der Waals surface area contributed by atoms with Gasteiger partial charge in [0.05, 0.1) is 12.3 Å². The van der Waals surface area contributed by atoms with Gasteiger partial charge in [0.2, 0.25) is 0 Å². The Morgan fingerprint density at radius 2 is 1.90 bits per heavy atom. The molecular formula is C14H14F3NO2. The van der Waals surface area contributed by atoms with Gasteiger partial charge in [0.1, 0.15) is 11.5 Å². The van der Waals surface area contributed by atoms with Crippen LogP contribution in [0.4, 0.5) is 13.2 Å². The first kappa shape index (κ1) is 14.5. The number of hydrogen-bond acceptors (Lipinski definition) is 3. The number of ether oxygens (including phenoxy) is 1. The van der Waals surface area contributed by atoms with Gasteiger partial charge in [-0.25, -0.2) is 0 Å². The number of likely N-dealkylation sites (N-methyl/N-ethyl adjacent to an activating group) is 1. The van der Waals surface area contributed by atoms with Crippen LogP contribution in [0.25, 0.3) is 0 Å². The van der Waals surface area contributed by atoms with E-state index in [0.717, 1.165) is 11.3 Å². The maximum atomic E-state index is 12.0. The molecule has 2 rings (SSSR count). The second kappa shape index (κ2) is 6.00. The number of alkyl halides is 3. The highest BCUT2D eigenvalue weighted by atomic mass is 19.4. The summed E-state index contributed by atoms with van der Waals surface area (Å²) < 4.78 is 45.3.